The van der Waals surface area contributed by atoms with Gasteiger partial charge in [-0.05, 0) is 38.5 Å². The molecule has 0 aliphatic rings. The highest BCUT2D eigenvalue weighted by Crippen LogP contribution is 2.19. The van der Waals surface area contributed by atoms with Crippen LogP contribution in [0.3, 0.4) is 0 Å². The van der Waals surface area contributed by atoms with E-state index in [-0.39, 0.29) is 12.3 Å². The molecule has 2 aromatic rings. The Morgan fingerprint density at radius 1 is 1.29 bits per heavy atom. The van der Waals surface area contributed by atoms with Crippen molar-refractivity contribution in [1.29, 1.82) is 0 Å². The Kier molecular flexibility index (Phi) is 6.45. The van der Waals surface area contributed by atoms with E-state index in [1.165, 1.54) is 0 Å². The quantitative estimate of drug-likeness (QED) is 0.727. The minimum Gasteiger partial charge on any atom is -0.497 e. The summed E-state index contributed by atoms with van der Waals surface area (Å²) in [4.78, 5) is 34.9. The van der Waals surface area contributed by atoms with Crippen molar-refractivity contribution >= 4 is 12.1 Å². The number of carbonyl (C=O) groups excluding carboxylic acids is 1. The predicted octanol–water partition coefficient (Wildman–Crippen LogP) is 1.74. The smallest absolute Gasteiger partial charge is 0.437 e. The lowest BCUT2D eigenvalue weighted by Crippen LogP contribution is -2.36. The number of carboxylic acid groups (broad SMARTS) is 1. The largest absolute Gasteiger partial charge is 0.497 e. The monoisotopic (exact) mass is 393 g/mol. The van der Waals surface area contributed by atoms with Gasteiger partial charge in [-0.15, -0.1) is 5.10 Å². The van der Waals surface area contributed by atoms with Crippen molar-refractivity contribution in [2.75, 3.05) is 7.11 Å². The molecule has 28 heavy (non-hydrogen) atoms. The summed E-state index contributed by atoms with van der Waals surface area (Å²) >= 11 is 0. The Hall–Kier alpha value is -3.30. The first-order valence-electron chi connectivity index (χ1n) is 8.49. The molecule has 0 radical (unpaired) electrons. The van der Waals surface area contributed by atoms with E-state index in [1.807, 2.05) is 0 Å². The second-order valence-corrected chi connectivity index (χ2v) is 7.01. The molecular formula is C18H23N3O7. The van der Waals surface area contributed by atoms with Gasteiger partial charge in [-0.1, -0.05) is 12.1 Å². The molecule has 0 aliphatic heterocycles. The van der Waals surface area contributed by atoms with Crippen LogP contribution in [-0.4, -0.2) is 39.7 Å². The molecule has 1 amide bonds. The highest BCUT2D eigenvalue weighted by molar-refractivity contribution is 5.68. The Morgan fingerprint density at radius 2 is 1.93 bits per heavy atom. The molecule has 0 fully saturated rings. The van der Waals surface area contributed by atoms with Gasteiger partial charge in [-0.2, -0.15) is 4.68 Å². The first-order chi connectivity index (χ1) is 13.1. The summed E-state index contributed by atoms with van der Waals surface area (Å²) in [6.45, 7) is 4.50. The van der Waals surface area contributed by atoms with Crippen LogP contribution in [0, 0.1) is 0 Å². The van der Waals surface area contributed by atoms with Crippen molar-refractivity contribution in [3.05, 3.63) is 46.3 Å². The lowest BCUT2D eigenvalue weighted by Gasteiger charge is -2.22. The second kappa shape index (κ2) is 8.59. The lowest BCUT2D eigenvalue weighted by atomic mass is 10.1. The number of methoxy groups -OCH3 is 1. The number of carbonyl (C=O) groups is 2. The van der Waals surface area contributed by atoms with Crippen LogP contribution in [-0.2, 0) is 22.5 Å². The summed E-state index contributed by atoms with van der Waals surface area (Å²) < 4.78 is 16.1. The van der Waals surface area contributed by atoms with Gasteiger partial charge < -0.3 is 24.3 Å². The lowest BCUT2D eigenvalue weighted by molar-refractivity contribution is -0.138. The summed E-state index contributed by atoms with van der Waals surface area (Å²) in [7, 11) is 1.55. The zero-order valence-corrected chi connectivity index (χ0v) is 16.1. The fourth-order valence-electron chi connectivity index (χ4n) is 2.34. The zero-order valence-electron chi connectivity index (χ0n) is 16.1. The fraction of sp³-hybridized carbons (Fsp3) is 0.444. The highest BCUT2D eigenvalue weighted by atomic mass is 16.6. The van der Waals surface area contributed by atoms with Crippen molar-refractivity contribution in [3.8, 4) is 5.75 Å². The zero-order chi connectivity index (χ0) is 20.9. The number of aliphatic carboxylic acids is 1. The molecule has 10 nitrogen and oxygen atoms in total. The van der Waals surface area contributed by atoms with Gasteiger partial charge in [0.15, 0.2) is 0 Å². The number of alkyl carbamates (subject to hydrolysis) is 1. The van der Waals surface area contributed by atoms with Crippen LogP contribution in [0.25, 0.3) is 0 Å². The van der Waals surface area contributed by atoms with E-state index in [4.69, 9.17) is 19.0 Å². The number of carboxylic acids is 1. The van der Waals surface area contributed by atoms with Crippen molar-refractivity contribution in [3.63, 3.8) is 0 Å². The number of hydrogen-bond donors (Lipinski definition) is 2. The number of aromatic nitrogens is 2. The Morgan fingerprint density at radius 3 is 2.46 bits per heavy atom. The van der Waals surface area contributed by atoms with Crippen LogP contribution in [0.5, 0.6) is 5.75 Å². The molecule has 0 bridgehead atoms. The molecule has 1 heterocycles. The van der Waals surface area contributed by atoms with Gasteiger partial charge in [0.05, 0.1) is 7.11 Å². The van der Waals surface area contributed by atoms with E-state index in [0.29, 0.717) is 10.4 Å². The molecule has 1 aromatic heterocycles. The molecule has 10 heteroatoms. The standard InChI is InChI=1S/C18H23N3O7/c1-18(2,3)28-16(24)19-13(9-11-5-7-12(26-4)8-6-11)15-20-21(10-14(22)23)17(25)27-15/h5-8,13H,9-10H2,1-4H3,(H,19,24)(H,22,23). The number of hydrogen-bond acceptors (Lipinski definition) is 7. The van der Waals surface area contributed by atoms with Crippen LogP contribution in [0.1, 0.15) is 38.3 Å². The van der Waals surface area contributed by atoms with Crippen LogP contribution < -0.4 is 15.8 Å². The third kappa shape index (κ3) is 6.15. The van der Waals surface area contributed by atoms with Gasteiger partial charge >= 0.3 is 17.8 Å². The molecule has 0 saturated heterocycles. The maximum atomic E-state index is 12.2. The third-order valence-corrected chi connectivity index (χ3v) is 3.49. The van der Waals surface area contributed by atoms with Crippen molar-refractivity contribution < 1.29 is 28.6 Å². The summed E-state index contributed by atoms with van der Waals surface area (Å²) in [5, 5.41) is 15.4. The van der Waals surface area contributed by atoms with Crippen molar-refractivity contribution in [2.24, 2.45) is 0 Å². The average molecular weight is 393 g/mol. The SMILES string of the molecule is COc1ccc(CC(NC(=O)OC(C)(C)C)c2nn(CC(=O)O)c(=O)o2)cc1. The molecule has 2 rings (SSSR count). The first kappa shape index (κ1) is 21.0. The average Bonchev–Trinajstić information content (AvgIpc) is 2.93. The third-order valence-electron chi connectivity index (χ3n) is 3.49. The van der Waals surface area contributed by atoms with Crippen LogP contribution in [0.2, 0.25) is 0 Å². The van der Waals surface area contributed by atoms with E-state index < -0.39 is 36.0 Å². The molecule has 0 spiro atoms. The maximum Gasteiger partial charge on any atom is 0.437 e. The van der Waals surface area contributed by atoms with E-state index >= 15 is 0 Å². The second-order valence-electron chi connectivity index (χ2n) is 7.01. The molecule has 152 valence electrons. The van der Waals surface area contributed by atoms with Crippen LogP contribution in [0.15, 0.2) is 33.5 Å². The van der Waals surface area contributed by atoms with Crippen molar-refractivity contribution in [1.82, 2.24) is 15.1 Å². The predicted molar refractivity (Wildman–Crippen MR) is 97.2 cm³/mol. The summed E-state index contributed by atoms with van der Waals surface area (Å²) in [5.74, 6) is -1.62. The van der Waals surface area contributed by atoms with E-state index in [1.54, 1.807) is 52.1 Å². The summed E-state index contributed by atoms with van der Waals surface area (Å²) in [6, 6.07) is 6.23. The number of rotatable bonds is 7. The highest BCUT2D eigenvalue weighted by Gasteiger charge is 2.26. The molecule has 0 aliphatic carbocycles. The molecule has 1 unspecified atom stereocenters. The molecule has 2 N–H and O–H groups in total. The number of nitrogens with zero attached hydrogens (tertiary/aromatic N) is 2. The normalized spacial score (nSPS) is 12.3. The number of amides is 1. The topological polar surface area (TPSA) is 133 Å². The van der Waals surface area contributed by atoms with Gasteiger partial charge in [-0.25, -0.2) is 9.59 Å². The number of ether oxygens (including phenoxy) is 2. The molecular weight excluding hydrogens is 370 g/mol. The molecule has 1 aromatic carbocycles. The van der Waals surface area contributed by atoms with Gasteiger partial charge in [0.25, 0.3) is 0 Å². The van der Waals surface area contributed by atoms with Gasteiger partial charge in [0.2, 0.25) is 5.89 Å². The molecule has 0 saturated carbocycles. The summed E-state index contributed by atoms with van der Waals surface area (Å²) in [6.07, 6.45) is -0.488. The fourth-order valence-corrected chi connectivity index (χ4v) is 2.34. The van der Waals surface area contributed by atoms with Crippen molar-refractivity contribution in [2.45, 2.75) is 45.4 Å². The Labute approximate surface area is 161 Å². The summed E-state index contributed by atoms with van der Waals surface area (Å²) in [5.41, 5.74) is 0.0791. The first-order valence-corrected chi connectivity index (χ1v) is 8.49. The Bertz CT molecular complexity index is 878. The van der Waals surface area contributed by atoms with Gasteiger partial charge in [-0.3, -0.25) is 4.79 Å². The van der Waals surface area contributed by atoms with Crippen LogP contribution in [0.4, 0.5) is 4.79 Å². The maximum absolute atomic E-state index is 12.2. The van der Waals surface area contributed by atoms with Gasteiger partial charge in [0.1, 0.15) is 23.9 Å². The molecule has 1 atom stereocenters. The Balaban J connectivity index is 2.28. The number of benzene rings is 1. The number of nitrogens with one attached hydrogen (secondary N) is 1. The van der Waals surface area contributed by atoms with E-state index in [9.17, 15) is 14.4 Å². The minimum absolute atomic E-state index is 0.118. The minimum atomic E-state index is -1.24. The van der Waals surface area contributed by atoms with E-state index in [2.05, 4.69) is 10.4 Å². The van der Waals surface area contributed by atoms with Crippen LogP contribution >= 0.6 is 0 Å². The van der Waals surface area contributed by atoms with Gasteiger partial charge in [0, 0.05) is 6.42 Å². The van der Waals surface area contributed by atoms with E-state index in [0.717, 1.165) is 5.56 Å².